The number of aryl methyl sites for hydroxylation is 1. The van der Waals surface area contributed by atoms with E-state index < -0.39 is 6.04 Å². The fourth-order valence-electron chi connectivity index (χ4n) is 3.43. The molecule has 0 aromatic heterocycles. The van der Waals surface area contributed by atoms with Crippen molar-refractivity contribution in [1.82, 2.24) is 10.2 Å². The number of fused-ring (bicyclic) bond motifs is 1. The Kier molecular flexibility index (Phi) is 7.91. The summed E-state index contributed by atoms with van der Waals surface area (Å²) in [5.74, 6) is 0.149. The quantitative estimate of drug-likeness (QED) is 0.464. The maximum atomic E-state index is 13.2. The van der Waals surface area contributed by atoms with E-state index in [4.69, 9.17) is 4.74 Å². The SMILES string of the molecule is Cc1ccc(CN(C(=O)COc2ccc3ccccc3c2Br)C(C)C(=O)NC(C)C)cc1. The molecule has 0 bridgehead atoms. The molecule has 1 atom stereocenters. The van der Waals surface area contributed by atoms with Gasteiger partial charge in [-0.1, -0.05) is 60.2 Å². The molecule has 32 heavy (non-hydrogen) atoms. The zero-order valence-corrected chi connectivity index (χ0v) is 20.5. The standard InChI is InChI=1S/C26H29BrN2O3/c1-17(2)28-26(31)19(4)29(15-20-11-9-18(3)10-12-20)24(30)16-32-23-14-13-21-7-5-6-8-22(21)25(23)27/h5-14,17,19H,15-16H2,1-4H3,(H,28,31). The van der Waals surface area contributed by atoms with Crippen molar-refractivity contribution < 1.29 is 14.3 Å². The van der Waals surface area contributed by atoms with Gasteiger partial charge in [-0.15, -0.1) is 0 Å². The molecule has 0 saturated carbocycles. The van der Waals surface area contributed by atoms with Crippen molar-refractivity contribution in [3.05, 3.63) is 76.3 Å². The van der Waals surface area contributed by atoms with Crippen LogP contribution in [-0.4, -0.2) is 35.4 Å². The molecule has 0 aliphatic carbocycles. The second-order valence-corrected chi connectivity index (χ2v) is 9.03. The van der Waals surface area contributed by atoms with Crippen molar-refractivity contribution in [3.63, 3.8) is 0 Å². The maximum absolute atomic E-state index is 13.2. The minimum atomic E-state index is -0.630. The number of nitrogens with zero attached hydrogens (tertiary/aromatic N) is 1. The first-order chi connectivity index (χ1) is 15.3. The van der Waals surface area contributed by atoms with Crippen molar-refractivity contribution >= 4 is 38.5 Å². The first kappa shape index (κ1) is 23.8. The average Bonchev–Trinajstić information content (AvgIpc) is 2.77. The van der Waals surface area contributed by atoms with Gasteiger partial charge in [-0.3, -0.25) is 9.59 Å². The van der Waals surface area contributed by atoms with E-state index in [0.717, 1.165) is 26.4 Å². The molecule has 3 aromatic rings. The summed E-state index contributed by atoms with van der Waals surface area (Å²) in [5.41, 5.74) is 2.10. The largest absolute Gasteiger partial charge is 0.483 e. The lowest BCUT2D eigenvalue weighted by atomic mass is 10.1. The van der Waals surface area contributed by atoms with Gasteiger partial charge in [0.1, 0.15) is 11.8 Å². The molecule has 5 nitrogen and oxygen atoms in total. The Morgan fingerprint density at radius 3 is 2.38 bits per heavy atom. The van der Waals surface area contributed by atoms with Crippen LogP contribution in [0.3, 0.4) is 0 Å². The molecule has 6 heteroatoms. The molecule has 3 rings (SSSR count). The summed E-state index contributed by atoms with van der Waals surface area (Å²) >= 11 is 3.59. The molecule has 2 amide bonds. The van der Waals surface area contributed by atoms with Crippen LogP contribution in [0.5, 0.6) is 5.75 Å². The van der Waals surface area contributed by atoms with Crippen LogP contribution in [-0.2, 0) is 16.1 Å². The lowest BCUT2D eigenvalue weighted by Crippen LogP contribution is -2.50. The van der Waals surface area contributed by atoms with E-state index in [-0.39, 0.29) is 24.5 Å². The molecule has 1 N–H and O–H groups in total. The Morgan fingerprint density at radius 1 is 1.00 bits per heavy atom. The van der Waals surface area contributed by atoms with Crippen LogP contribution in [0.1, 0.15) is 31.9 Å². The highest BCUT2D eigenvalue weighted by molar-refractivity contribution is 9.10. The van der Waals surface area contributed by atoms with Gasteiger partial charge in [0.25, 0.3) is 5.91 Å². The predicted octanol–water partition coefficient (Wildman–Crippen LogP) is 5.23. The number of halogens is 1. The molecule has 0 aliphatic rings. The zero-order chi connectivity index (χ0) is 23.3. The highest BCUT2D eigenvalue weighted by Crippen LogP contribution is 2.33. The zero-order valence-electron chi connectivity index (χ0n) is 18.9. The number of nitrogens with one attached hydrogen (secondary N) is 1. The van der Waals surface area contributed by atoms with Crippen LogP contribution < -0.4 is 10.1 Å². The number of hydrogen-bond acceptors (Lipinski definition) is 3. The van der Waals surface area contributed by atoms with Crippen molar-refractivity contribution in [2.24, 2.45) is 0 Å². The van der Waals surface area contributed by atoms with E-state index in [1.807, 2.05) is 81.4 Å². The summed E-state index contributed by atoms with van der Waals surface area (Å²) in [6, 6.07) is 19.1. The average molecular weight is 497 g/mol. The Labute approximate surface area is 197 Å². The molecule has 1 unspecified atom stereocenters. The molecule has 0 saturated heterocycles. The minimum Gasteiger partial charge on any atom is -0.483 e. The Morgan fingerprint density at radius 2 is 1.69 bits per heavy atom. The molecule has 0 spiro atoms. The van der Waals surface area contributed by atoms with Gasteiger partial charge in [0.2, 0.25) is 5.91 Å². The smallest absolute Gasteiger partial charge is 0.261 e. The van der Waals surface area contributed by atoms with Gasteiger partial charge in [0.15, 0.2) is 6.61 Å². The third kappa shape index (κ3) is 5.88. The van der Waals surface area contributed by atoms with E-state index in [2.05, 4.69) is 21.2 Å². The lowest BCUT2D eigenvalue weighted by molar-refractivity contribution is -0.142. The summed E-state index contributed by atoms with van der Waals surface area (Å²) < 4.78 is 6.69. The van der Waals surface area contributed by atoms with Gasteiger partial charge >= 0.3 is 0 Å². The van der Waals surface area contributed by atoms with Crippen LogP contribution in [0.15, 0.2) is 65.1 Å². The summed E-state index contributed by atoms with van der Waals surface area (Å²) in [5, 5.41) is 4.99. The van der Waals surface area contributed by atoms with Crippen molar-refractivity contribution in [2.45, 2.75) is 46.3 Å². The topological polar surface area (TPSA) is 58.6 Å². The number of hydrogen-bond donors (Lipinski definition) is 1. The molecule has 3 aromatic carbocycles. The normalized spacial score (nSPS) is 11.9. The number of rotatable bonds is 8. The van der Waals surface area contributed by atoms with E-state index in [9.17, 15) is 9.59 Å². The fourth-order valence-corrected chi connectivity index (χ4v) is 4.03. The number of ether oxygens (including phenoxy) is 1. The van der Waals surface area contributed by atoms with Crippen molar-refractivity contribution in [1.29, 1.82) is 0 Å². The van der Waals surface area contributed by atoms with E-state index >= 15 is 0 Å². The van der Waals surface area contributed by atoms with Crippen molar-refractivity contribution in [3.8, 4) is 5.75 Å². The van der Waals surface area contributed by atoms with Gasteiger partial charge in [-0.25, -0.2) is 0 Å². The number of amides is 2. The first-order valence-corrected chi connectivity index (χ1v) is 11.5. The second-order valence-electron chi connectivity index (χ2n) is 8.23. The highest BCUT2D eigenvalue weighted by Gasteiger charge is 2.27. The Balaban J connectivity index is 1.78. The highest BCUT2D eigenvalue weighted by atomic mass is 79.9. The fraction of sp³-hybridized carbons (Fsp3) is 0.308. The van der Waals surface area contributed by atoms with E-state index in [1.54, 1.807) is 11.8 Å². The van der Waals surface area contributed by atoms with Crippen LogP contribution in [0, 0.1) is 6.92 Å². The Bertz CT molecular complexity index is 1100. The predicted molar refractivity (Wildman–Crippen MR) is 132 cm³/mol. The van der Waals surface area contributed by atoms with Crippen LogP contribution in [0.25, 0.3) is 10.8 Å². The molecule has 0 fully saturated rings. The van der Waals surface area contributed by atoms with Gasteiger partial charge in [-0.2, -0.15) is 0 Å². The first-order valence-electron chi connectivity index (χ1n) is 10.7. The third-order valence-corrected chi connectivity index (χ3v) is 6.07. The number of carbonyl (C=O) groups is 2. The molecule has 0 radical (unpaired) electrons. The van der Waals surface area contributed by atoms with Gasteiger partial charge in [0.05, 0.1) is 4.47 Å². The molecular formula is C26H29BrN2O3. The van der Waals surface area contributed by atoms with Gasteiger partial charge < -0.3 is 15.0 Å². The lowest BCUT2D eigenvalue weighted by Gasteiger charge is -2.29. The van der Waals surface area contributed by atoms with Crippen LogP contribution in [0.2, 0.25) is 0 Å². The van der Waals surface area contributed by atoms with Crippen LogP contribution >= 0.6 is 15.9 Å². The van der Waals surface area contributed by atoms with Gasteiger partial charge in [0, 0.05) is 12.6 Å². The third-order valence-electron chi connectivity index (χ3n) is 5.25. The summed E-state index contributed by atoms with van der Waals surface area (Å²) in [7, 11) is 0. The van der Waals surface area contributed by atoms with Crippen molar-refractivity contribution in [2.75, 3.05) is 6.61 Å². The number of carbonyl (C=O) groups excluding carboxylic acids is 2. The minimum absolute atomic E-state index is 0.00826. The van der Waals surface area contributed by atoms with Gasteiger partial charge in [-0.05, 0) is 66.0 Å². The monoisotopic (exact) mass is 496 g/mol. The Hall–Kier alpha value is -2.86. The summed E-state index contributed by atoms with van der Waals surface area (Å²) in [6.45, 7) is 7.72. The molecule has 0 heterocycles. The van der Waals surface area contributed by atoms with Crippen LogP contribution in [0.4, 0.5) is 0 Å². The maximum Gasteiger partial charge on any atom is 0.261 e. The summed E-state index contributed by atoms with van der Waals surface area (Å²) in [4.78, 5) is 27.4. The molecule has 168 valence electrons. The molecular weight excluding hydrogens is 468 g/mol. The number of benzene rings is 3. The second kappa shape index (κ2) is 10.6. The molecule has 0 aliphatic heterocycles. The summed E-state index contributed by atoms with van der Waals surface area (Å²) in [6.07, 6.45) is 0. The van der Waals surface area contributed by atoms with E-state index in [1.165, 1.54) is 0 Å². The van der Waals surface area contributed by atoms with E-state index in [0.29, 0.717) is 12.3 Å².